The maximum absolute atomic E-state index is 10.4. The zero-order chi connectivity index (χ0) is 18.8. The normalized spacial score (nSPS) is 10.7. The summed E-state index contributed by atoms with van der Waals surface area (Å²) >= 11 is 0. The lowest BCUT2D eigenvalue weighted by atomic mass is 10.1. The van der Waals surface area contributed by atoms with Gasteiger partial charge in [0, 0.05) is 5.56 Å². The summed E-state index contributed by atoms with van der Waals surface area (Å²) in [5.74, 6) is 1.35. The number of hydrogen-bond acceptors (Lipinski definition) is 5. The minimum atomic E-state index is 0.0850. The molecule has 132 valence electrons. The number of phenols is 2. The van der Waals surface area contributed by atoms with Gasteiger partial charge in [0.2, 0.25) is 0 Å². The van der Waals surface area contributed by atoms with Crippen LogP contribution in [0.3, 0.4) is 0 Å². The van der Waals surface area contributed by atoms with Crippen molar-refractivity contribution in [3.8, 4) is 45.7 Å². The van der Waals surface area contributed by atoms with Crippen LogP contribution in [0.5, 0.6) is 11.5 Å². The molecule has 5 nitrogen and oxygen atoms in total. The average Bonchev–Trinajstić information content (AvgIpc) is 2.69. The Bertz CT molecular complexity index is 1110. The van der Waals surface area contributed by atoms with Gasteiger partial charge in [0.15, 0.2) is 17.5 Å². The summed E-state index contributed by atoms with van der Waals surface area (Å²) in [5, 5.41) is 20.6. The largest absolute Gasteiger partial charge is 0.507 e. The van der Waals surface area contributed by atoms with E-state index in [1.807, 2.05) is 49.4 Å². The van der Waals surface area contributed by atoms with Crippen LogP contribution in [0, 0.1) is 6.92 Å². The van der Waals surface area contributed by atoms with Crippen molar-refractivity contribution in [2.75, 3.05) is 0 Å². The monoisotopic (exact) mass is 355 g/mol. The second kappa shape index (κ2) is 6.88. The van der Waals surface area contributed by atoms with E-state index in [-0.39, 0.29) is 11.5 Å². The molecular formula is C22H17N3O2. The van der Waals surface area contributed by atoms with Gasteiger partial charge in [-0.15, -0.1) is 0 Å². The Labute approximate surface area is 156 Å². The lowest BCUT2D eigenvalue weighted by Gasteiger charge is -2.10. The SMILES string of the molecule is Cc1ccc(-c2nc(-c3ccccc3)nc(-c3ccccc3O)n2)c(O)c1. The number of benzene rings is 3. The van der Waals surface area contributed by atoms with Crippen LogP contribution in [-0.2, 0) is 0 Å². The van der Waals surface area contributed by atoms with E-state index >= 15 is 0 Å². The molecule has 4 aromatic rings. The Kier molecular flexibility index (Phi) is 4.26. The quantitative estimate of drug-likeness (QED) is 0.562. The fourth-order valence-electron chi connectivity index (χ4n) is 2.83. The number of para-hydroxylation sites is 1. The van der Waals surface area contributed by atoms with Crippen LogP contribution < -0.4 is 0 Å². The highest BCUT2D eigenvalue weighted by Gasteiger charge is 2.16. The molecule has 0 saturated carbocycles. The molecule has 1 aromatic heterocycles. The molecule has 0 radical (unpaired) electrons. The molecule has 0 spiro atoms. The van der Waals surface area contributed by atoms with E-state index in [1.165, 1.54) is 0 Å². The van der Waals surface area contributed by atoms with Crippen molar-refractivity contribution in [3.05, 3.63) is 78.4 Å². The first-order chi connectivity index (χ1) is 13.1. The molecule has 0 aliphatic heterocycles. The number of nitrogens with zero attached hydrogens (tertiary/aromatic N) is 3. The Morgan fingerprint density at radius 3 is 1.85 bits per heavy atom. The van der Waals surface area contributed by atoms with E-state index in [4.69, 9.17) is 0 Å². The molecule has 0 aliphatic rings. The van der Waals surface area contributed by atoms with E-state index in [0.717, 1.165) is 11.1 Å². The van der Waals surface area contributed by atoms with Crippen LogP contribution in [0.2, 0.25) is 0 Å². The number of hydrogen-bond donors (Lipinski definition) is 2. The molecule has 0 unspecified atom stereocenters. The predicted molar refractivity (Wildman–Crippen MR) is 104 cm³/mol. The van der Waals surface area contributed by atoms with Crippen molar-refractivity contribution in [2.24, 2.45) is 0 Å². The lowest BCUT2D eigenvalue weighted by molar-refractivity contribution is 0.476. The third-order valence-electron chi connectivity index (χ3n) is 4.21. The molecule has 0 bridgehead atoms. The number of rotatable bonds is 3. The highest BCUT2D eigenvalue weighted by Crippen LogP contribution is 2.32. The lowest BCUT2D eigenvalue weighted by Crippen LogP contribution is -2.00. The van der Waals surface area contributed by atoms with Gasteiger partial charge in [-0.1, -0.05) is 48.5 Å². The van der Waals surface area contributed by atoms with Crippen LogP contribution in [0.15, 0.2) is 72.8 Å². The number of phenolic OH excluding ortho intramolecular Hbond substituents is 2. The van der Waals surface area contributed by atoms with Crippen LogP contribution in [0.25, 0.3) is 34.2 Å². The van der Waals surface area contributed by atoms with Gasteiger partial charge >= 0.3 is 0 Å². The van der Waals surface area contributed by atoms with E-state index in [1.54, 1.807) is 30.3 Å². The second-order valence-electron chi connectivity index (χ2n) is 6.21. The van der Waals surface area contributed by atoms with Crippen LogP contribution in [0.1, 0.15) is 5.56 Å². The van der Waals surface area contributed by atoms with E-state index in [9.17, 15) is 10.2 Å². The van der Waals surface area contributed by atoms with Gasteiger partial charge in [0.25, 0.3) is 0 Å². The first-order valence-corrected chi connectivity index (χ1v) is 8.51. The Hall–Kier alpha value is -3.73. The molecule has 0 amide bonds. The van der Waals surface area contributed by atoms with Gasteiger partial charge in [-0.3, -0.25) is 0 Å². The van der Waals surface area contributed by atoms with Gasteiger partial charge in [-0.25, -0.2) is 15.0 Å². The third kappa shape index (κ3) is 3.35. The number of aromatic hydroxyl groups is 2. The first-order valence-electron chi connectivity index (χ1n) is 8.51. The standard InChI is InChI=1S/C22H17N3O2/c1-14-11-12-17(19(27)13-14)22-24-20(15-7-3-2-4-8-15)23-21(25-22)16-9-5-6-10-18(16)26/h2-13,26-27H,1H3. The topological polar surface area (TPSA) is 79.1 Å². The Morgan fingerprint density at radius 2 is 1.19 bits per heavy atom. The zero-order valence-electron chi connectivity index (χ0n) is 14.7. The fourth-order valence-corrected chi connectivity index (χ4v) is 2.83. The van der Waals surface area contributed by atoms with Gasteiger partial charge < -0.3 is 10.2 Å². The van der Waals surface area contributed by atoms with Gasteiger partial charge in [0.1, 0.15) is 11.5 Å². The van der Waals surface area contributed by atoms with Crippen molar-refractivity contribution in [1.82, 2.24) is 15.0 Å². The smallest absolute Gasteiger partial charge is 0.167 e. The summed E-state index contributed by atoms with van der Waals surface area (Å²) in [7, 11) is 0. The van der Waals surface area contributed by atoms with Crippen molar-refractivity contribution in [3.63, 3.8) is 0 Å². The van der Waals surface area contributed by atoms with E-state index in [2.05, 4.69) is 15.0 Å². The van der Waals surface area contributed by atoms with Crippen LogP contribution in [-0.4, -0.2) is 25.2 Å². The third-order valence-corrected chi connectivity index (χ3v) is 4.21. The van der Waals surface area contributed by atoms with Crippen LogP contribution in [0.4, 0.5) is 0 Å². The zero-order valence-corrected chi connectivity index (χ0v) is 14.7. The van der Waals surface area contributed by atoms with Gasteiger partial charge in [-0.05, 0) is 36.8 Å². The van der Waals surface area contributed by atoms with E-state index < -0.39 is 0 Å². The van der Waals surface area contributed by atoms with Gasteiger partial charge in [0.05, 0.1) is 11.1 Å². The summed E-state index contributed by atoms with van der Waals surface area (Å²) in [6, 6.07) is 21.8. The average molecular weight is 355 g/mol. The molecule has 1 heterocycles. The first kappa shape index (κ1) is 16.7. The summed E-state index contributed by atoms with van der Waals surface area (Å²) < 4.78 is 0. The molecule has 0 saturated heterocycles. The number of aromatic nitrogens is 3. The molecule has 3 aromatic carbocycles. The molecule has 2 N–H and O–H groups in total. The molecular weight excluding hydrogens is 338 g/mol. The van der Waals surface area contributed by atoms with E-state index in [0.29, 0.717) is 28.6 Å². The molecule has 0 atom stereocenters. The summed E-state index contributed by atoms with van der Waals surface area (Å²) in [4.78, 5) is 13.6. The highest BCUT2D eigenvalue weighted by atomic mass is 16.3. The fraction of sp³-hybridized carbons (Fsp3) is 0.0455. The highest BCUT2D eigenvalue weighted by molar-refractivity contribution is 5.71. The predicted octanol–water partition coefficient (Wildman–Crippen LogP) is 4.59. The van der Waals surface area contributed by atoms with Crippen molar-refractivity contribution in [2.45, 2.75) is 6.92 Å². The molecule has 4 rings (SSSR count). The summed E-state index contributed by atoms with van der Waals surface area (Å²) in [6.07, 6.45) is 0. The maximum Gasteiger partial charge on any atom is 0.167 e. The summed E-state index contributed by atoms with van der Waals surface area (Å²) in [5.41, 5.74) is 2.78. The second-order valence-corrected chi connectivity index (χ2v) is 6.21. The molecule has 5 heteroatoms. The Balaban J connectivity index is 1.96. The van der Waals surface area contributed by atoms with Crippen LogP contribution >= 0.6 is 0 Å². The van der Waals surface area contributed by atoms with Crippen molar-refractivity contribution < 1.29 is 10.2 Å². The van der Waals surface area contributed by atoms with Crippen molar-refractivity contribution in [1.29, 1.82) is 0 Å². The maximum atomic E-state index is 10.4. The van der Waals surface area contributed by atoms with Crippen molar-refractivity contribution >= 4 is 0 Å². The molecule has 0 aliphatic carbocycles. The molecule has 0 fully saturated rings. The van der Waals surface area contributed by atoms with Gasteiger partial charge in [-0.2, -0.15) is 0 Å². The minimum absolute atomic E-state index is 0.0850. The number of aryl methyl sites for hydroxylation is 1. The molecule has 27 heavy (non-hydrogen) atoms. The Morgan fingerprint density at radius 1 is 0.593 bits per heavy atom. The minimum Gasteiger partial charge on any atom is -0.507 e. The summed E-state index contributed by atoms with van der Waals surface area (Å²) in [6.45, 7) is 1.90.